The van der Waals surface area contributed by atoms with Crippen molar-refractivity contribution in [1.29, 1.82) is 0 Å². The molecule has 29 heavy (non-hydrogen) atoms. The number of amides is 1. The van der Waals surface area contributed by atoms with Crippen LogP contribution in [0.15, 0.2) is 16.5 Å². The number of ether oxygens (including phenoxy) is 1. The number of hydrogen-bond acceptors (Lipinski definition) is 4. The lowest BCUT2D eigenvalue weighted by atomic mass is 9.77. The van der Waals surface area contributed by atoms with Gasteiger partial charge in [0.1, 0.15) is 16.9 Å². The number of carbonyl (C=O) groups is 1. The van der Waals surface area contributed by atoms with Crippen LogP contribution in [0.5, 0.6) is 5.75 Å². The van der Waals surface area contributed by atoms with Crippen LogP contribution < -0.4 is 4.74 Å². The molecule has 0 radical (unpaired) electrons. The van der Waals surface area contributed by atoms with Gasteiger partial charge in [-0.05, 0) is 63.5 Å². The number of furan rings is 1. The summed E-state index contributed by atoms with van der Waals surface area (Å²) in [4.78, 5) is 15.0. The van der Waals surface area contributed by atoms with Crippen LogP contribution in [-0.2, 0) is 0 Å². The van der Waals surface area contributed by atoms with Gasteiger partial charge < -0.3 is 19.2 Å². The van der Waals surface area contributed by atoms with E-state index in [4.69, 9.17) is 9.15 Å². The van der Waals surface area contributed by atoms with Gasteiger partial charge in [0.2, 0.25) is 0 Å². The maximum Gasteiger partial charge on any atom is 0.289 e. The van der Waals surface area contributed by atoms with E-state index >= 15 is 0 Å². The number of aryl methyl sites for hydroxylation is 1. The molecule has 2 fully saturated rings. The van der Waals surface area contributed by atoms with Gasteiger partial charge >= 0.3 is 0 Å². The molecule has 1 amide bonds. The van der Waals surface area contributed by atoms with Crippen molar-refractivity contribution in [2.24, 2.45) is 5.92 Å². The maximum atomic E-state index is 13.1. The van der Waals surface area contributed by atoms with E-state index in [1.54, 1.807) is 0 Å². The number of rotatable bonds is 1. The zero-order chi connectivity index (χ0) is 20.2. The summed E-state index contributed by atoms with van der Waals surface area (Å²) in [5.74, 6) is 1.80. The van der Waals surface area contributed by atoms with Crippen LogP contribution in [0.25, 0.3) is 11.0 Å². The Morgan fingerprint density at radius 1 is 1.17 bits per heavy atom. The van der Waals surface area contributed by atoms with Crippen LogP contribution in [0.4, 0.5) is 0 Å². The molecule has 2 aliphatic heterocycles. The van der Waals surface area contributed by atoms with Crippen molar-refractivity contribution in [3.63, 3.8) is 0 Å². The molecule has 0 bridgehead atoms. The van der Waals surface area contributed by atoms with Crippen molar-refractivity contribution in [3.8, 4) is 5.75 Å². The molecule has 1 aliphatic carbocycles. The zero-order valence-electron chi connectivity index (χ0n) is 17.5. The summed E-state index contributed by atoms with van der Waals surface area (Å²) < 4.78 is 12.5. The smallest absolute Gasteiger partial charge is 0.289 e. The van der Waals surface area contributed by atoms with Crippen LogP contribution >= 0.6 is 0 Å². The highest BCUT2D eigenvalue weighted by Crippen LogP contribution is 2.49. The van der Waals surface area contributed by atoms with Gasteiger partial charge in [-0.1, -0.05) is 13.3 Å². The summed E-state index contributed by atoms with van der Waals surface area (Å²) in [6.07, 6.45) is 7.67. The van der Waals surface area contributed by atoms with Gasteiger partial charge in [-0.25, -0.2) is 0 Å². The Morgan fingerprint density at radius 3 is 2.62 bits per heavy atom. The molecule has 1 atom stereocenters. The van der Waals surface area contributed by atoms with Gasteiger partial charge in [0.05, 0.1) is 6.10 Å². The third-order valence-electron chi connectivity index (χ3n) is 7.35. The van der Waals surface area contributed by atoms with E-state index in [0.29, 0.717) is 23.7 Å². The number of likely N-dealkylation sites (tertiary alicyclic amines) is 1. The van der Waals surface area contributed by atoms with Crippen molar-refractivity contribution in [1.82, 2.24) is 4.90 Å². The summed E-state index contributed by atoms with van der Waals surface area (Å²) in [7, 11) is 0. The van der Waals surface area contributed by atoms with Crippen molar-refractivity contribution in [2.45, 2.75) is 76.9 Å². The first-order valence-corrected chi connectivity index (χ1v) is 11.2. The Hall–Kier alpha value is -2.01. The fourth-order valence-corrected chi connectivity index (χ4v) is 5.56. The minimum absolute atomic E-state index is 0.0330. The number of aliphatic hydroxyl groups is 1. The lowest BCUT2D eigenvalue weighted by Gasteiger charge is -2.43. The molecule has 1 spiro atoms. The Labute approximate surface area is 172 Å². The standard InChI is InChI=1S/C24H31NO4/c1-15-8-12-25(13-9-15)23(27)22-16(2)20-18(28-22)6-7-19-21(20)17(26)14-24(29-19)10-4-3-5-11-24/h6-7,15,17,26H,3-5,8-14H2,1-2H3/t17-/m0/s1. The second-order valence-electron chi connectivity index (χ2n) is 9.45. The first kappa shape index (κ1) is 19.0. The van der Waals surface area contributed by atoms with Crippen LogP contribution in [0, 0.1) is 12.8 Å². The Kier molecular flexibility index (Phi) is 4.61. The minimum atomic E-state index is -0.587. The lowest BCUT2D eigenvalue weighted by Crippen LogP contribution is -2.42. The van der Waals surface area contributed by atoms with Gasteiger partial charge in [0.25, 0.3) is 5.91 Å². The van der Waals surface area contributed by atoms with E-state index in [9.17, 15) is 9.90 Å². The molecule has 3 aliphatic rings. The van der Waals surface area contributed by atoms with E-state index in [0.717, 1.165) is 73.9 Å². The zero-order valence-corrected chi connectivity index (χ0v) is 17.5. The highest BCUT2D eigenvalue weighted by molar-refractivity contribution is 6.00. The number of fused-ring (bicyclic) bond motifs is 3. The number of hydrogen-bond donors (Lipinski definition) is 1. The van der Waals surface area contributed by atoms with Gasteiger partial charge in [-0.3, -0.25) is 4.79 Å². The number of nitrogens with zero attached hydrogens (tertiary/aromatic N) is 1. The van der Waals surface area contributed by atoms with E-state index in [2.05, 4.69) is 6.92 Å². The lowest BCUT2D eigenvalue weighted by molar-refractivity contribution is -0.0373. The highest BCUT2D eigenvalue weighted by atomic mass is 16.5. The number of benzene rings is 1. The average Bonchev–Trinajstić information content (AvgIpc) is 3.05. The normalized spacial score (nSPS) is 24.5. The largest absolute Gasteiger partial charge is 0.487 e. The molecular formula is C24H31NO4. The highest BCUT2D eigenvalue weighted by Gasteiger charge is 2.42. The van der Waals surface area contributed by atoms with Crippen LogP contribution in [-0.4, -0.2) is 34.6 Å². The molecule has 1 N–H and O–H groups in total. The van der Waals surface area contributed by atoms with Gasteiger partial charge in [0.15, 0.2) is 5.76 Å². The molecule has 5 rings (SSSR count). The van der Waals surface area contributed by atoms with Gasteiger partial charge in [-0.2, -0.15) is 0 Å². The maximum absolute atomic E-state index is 13.1. The van der Waals surface area contributed by atoms with E-state index in [1.807, 2.05) is 24.0 Å². The van der Waals surface area contributed by atoms with E-state index < -0.39 is 6.10 Å². The first-order chi connectivity index (χ1) is 14.0. The third-order valence-corrected chi connectivity index (χ3v) is 7.35. The molecule has 1 aromatic carbocycles. The van der Waals surface area contributed by atoms with Crippen molar-refractivity contribution in [3.05, 3.63) is 29.0 Å². The average molecular weight is 398 g/mol. The second-order valence-corrected chi connectivity index (χ2v) is 9.45. The third kappa shape index (κ3) is 3.14. The second kappa shape index (κ2) is 7.05. The summed E-state index contributed by atoms with van der Waals surface area (Å²) in [6, 6.07) is 3.81. The molecule has 1 aromatic heterocycles. The number of aliphatic hydroxyl groups excluding tert-OH is 1. The van der Waals surface area contributed by atoms with E-state index in [1.165, 1.54) is 6.42 Å². The molecule has 1 saturated carbocycles. The molecule has 2 aromatic rings. The minimum Gasteiger partial charge on any atom is -0.487 e. The van der Waals surface area contributed by atoms with Crippen LogP contribution in [0.2, 0.25) is 0 Å². The summed E-state index contributed by atoms with van der Waals surface area (Å²) in [5, 5.41) is 12.0. The fourth-order valence-electron chi connectivity index (χ4n) is 5.56. The molecular weight excluding hydrogens is 366 g/mol. The topological polar surface area (TPSA) is 62.9 Å². The SMILES string of the molecule is Cc1c(C(=O)N2CCC(C)CC2)oc2ccc3c(c12)[C@@H](O)CC1(CCCCC1)O3. The molecule has 0 unspecified atom stereocenters. The molecule has 5 heteroatoms. The molecule has 1 saturated heterocycles. The summed E-state index contributed by atoms with van der Waals surface area (Å²) >= 11 is 0. The monoisotopic (exact) mass is 397 g/mol. The molecule has 5 nitrogen and oxygen atoms in total. The molecule has 3 heterocycles. The summed E-state index contributed by atoms with van der Waals surface area (Å²) in [5.41, 5.74) is 2.05. The first-order valence-electron chi connectivity index (χ1n) is 11.2. The number of carbonyl (C=O) groups excluding carboxylic acids is 1. The van der Waals surface area contributed by atoms with Crippen molar-refractivity contribution < 1.29 is 19.1 Å². The quantitative estimate of drug-likeness (QED) is 0.724. The van der Waals surface area contributed by atoms with Crippen molar-refractivity contribution >= 4 is 16.9 Å². The summed E-state index contributed by atoms with van der Waals surface area (Å²) in [6.45, 7) is 5.73. The Balaban J connectivity index is 1.52. The van der Waals surface area contributed by atoms with Crippen LogP contribution in [0.1, 0.15) is 86.1 Å². The Bertz CT molecular complexity index is 932. The van der Waals surface area contributed by atoms with Gasteiger partial charge in [-0.15, -0.1) is 0 Å². The fraction of sp³-hybridized carbons (Fsp3) is 0.625. The van der Waals surface area contributed by atoms with Crippen LogP contribution in [0.3, 0.4) is 0 Å². The molecule has 156 valence electrons. The Morgan fingerprint density at radius 2 is 1.90 bits per heavy atom. The van der Waals surface area contributed by atoms with E-state index in [-0.39, 0.29) is 11.5 Å². The predicted octanol–water partition coefficient (Wildman–Crippen LogP) is 5.13. The predicted molar refractivity (Wildman–Crippen MR) is 111 cm³/mol. The number of piperidine rings is 1. The van der Waals surface area contributed by atoms with Crippen molar-refractivity contribution in [2.75, 3.05) is 13.1 Å². The van der Waals surface area contributed by atoms with Gasteiger partial charge in [0, 0.05) is 36.0 Å².